The standard InChI is InChI=1S/C15H22N2O5S/c1-15(2)11-17(8-9-22-15)23(20,21)16-13(14(18)19)10-12-6-4-3-5-7-12/h3-7,13,16H,8-11H2,1-2H3,(H,18,19)/t13-/m1/s1. The van der Waals surface area contributed by atoms with Crippen molar-refractivity contribution in [1.82, 2.24) is 9.03 Å². The molecule has 0 spiro atoms. The fraction of sp³-hybridized carbons (Fsp3) is 0.533. The molecule has 1 heterocycles. The number of hydrogen-bond acceptors (Lipinski definition) is 4. The molecule has 7 nitrogen and oxygen atoms in total. The minimum absolute atomic E-state index is 0.0864. The monoisotopic (exact) mass is 342 g/mol. The SMILES string of the molecule is CC1(C)CN(S(=O)(=O)N[C@H](Cc2ccccc2)C(=O)O)CCO1. The van der Waals surface area contributed by atoms with Gasteiger partial charge in [-0.15, -0.1) is 0 Å². The first kappa shape index (κ1) is 17.9. The summed E-state index contributed by atoms with van der Waals surface area (Å²) in [7, 11) is -3.90. The van der Waals surface area contributed by atoms with Gasteiger partial charge in [0, 0.05) is 13.1 Å². The van der Waals surface area contributed by atoms with Gasteiger partial charge in [-0.1, -0.05) is 30.3 Å². The number of morpholine rings is 1. The lowest BCUT2D eigenvalue weighted by atomic mass is 10.1. The van der Waals surface area contributed by atoms with Crippen molar-refractivity contribution in [3.8, 4) is 0 Å². The van der Waals surface area contributed by atoms with Crippen molar-refractivity contribution in [1.29, 1.82) is 0 Å². The molecule has 1 atom stereocenters. The van der Waals surface area contributed by atoms with Crippen LogP contribution in [0.4, 0.5) is 0 Å². The van der Waals surface area contributed by atoms with Crippen molar-refractivity contribution >= 4 is 16.2 Å². The van der Waals surface area contributed by atoms with Gasteiger partial charge in [0.15, 0.2) is 0 Å². The summed E-state index contributed by atoms with van der Waals surface area (Å²) in [6, 6.07) is 7.71. The smallest absolute Gasteiger partial charge is 0.322 e. The minimum atomic E-state index is -3.90. The summed E-state index contributed by atoms with van der Waals surface area (Å²) in [5.41, 5.74) is 0.162. The Morgan fingerprint density at radius 1 is 1.39 bits per heavy atom. The van der Waals surface area contributed by atoms with Crippen LogP contribution in [-0.4, -0.2) is 55.1 Å². The summed E-state index contributed by atoms with van der Waals surface area (Å²) in [5.74, 6) is -1.20. The van der Waals surface area contributed by atoms with E-state index >= 15 is 0 Å². The fourth-order valence-electron chi connectivity index (χ4n) is 2.46. The van der Waals surface area contributed by atoms with Gasteiger partial charge in [-0.05, 0) is 25.8 Å². The molecule has 0 amide bonds. The number of rotatable bonds is 6. The second kappa shape index (κ2) is 6.96. The van der Waals surface area contributed by atoms with Crippen LogP contribution in [0.15, 0.2) is 30.3 Å². The maximum atomic E-state index is 12.5. The fourth-order valence-corrected chi connectivity index (χ4v) is 3.95. The molecule has 1 aliphatic rings. The molecule has 2 rings (SSSR count). The predicted octanol–water partition coefficient (Wildman–Crippen LogP) is 0.627. The number of ether oxygens (including phenoxy) is 1. The molecular formula is C15H22N2O5S. The van der Waals surface area contributed by atoms with E-state index in [1.54, 1.807) is 38.1 Å². The third kappa shape index (κ3) is 5.00. The number of hydrogen-bond donors (Lipinski definition) is 2. The van der Waals surface area contributed by atoms with Crippen LogP contribution in [0.25, 0.3) is 0 Å². The van der Waals surface area contributed by atoms with Crippen LogP contribution in [0, 0.1) is 0 Å². The Balaban J connectivity index is 2.10. The summed E-state index contributed by atoms with van der Waals surface area (Å²) in [6.07, 6.45) is 0.0864. The van der Waals surface area contributed by atoms with E-state index in [1.807, 2.05) is 6.07 Å². The van der Waals surface area contributed by atoms with Crippen LogP contribution in [0.2, 0.25) is 0 Å². The number of nitrogens with zero attached hydrogens (tertiary/aromatic N) is 1. The zero-order valence-corrected chi connectivity index (χ0v) is 14.0. The van der Waals surface area contributed by atoms with E-state index in [-0.39, 0.29) is 26.1 Å². The average Bonchev–Trinajstić information content (AvgIpc) is 2.46. The summed E-state index contributed by atoms with van der Waals surface area (Å²) in [6.45, 7) is 4.27. The van der Waals surface area contributed by atoms with E-state index in [0.717, 1.165) is 5.56 Å². The molecule has 128 valence electrons. The summed E-state index contributed by atoms with van der Waals surface area (Å²) < 4.78 is 34.0. The molecule has 1 saturated heterocycles. The highest BCUT2D eigenvalue weighted by molar-refractivity contribution is 7.87. The molecule has 8 heteroatoms. The molecule has 0 radical (unpaired) electrons. The van der Waals surface area contributed by atoms with Gasteiger partial charge in [0.2, 0.25) is 0 Å². The molecule has 1 aromatic carbocycles. The van der Waals surface area contributed by atoms with E-state index in [1.165, 1.54) is 4.31 Å². The summed E-state index contributed by atoms with van der Waals surface area (Å²) >= 11 is 0. The van der Waals surface area contributed by atoms with Gasteiger partial charge in [0.1, 0.15) is 6.04 Å². The molecule has 1 fully saturated rings. The molecule has 1 aromatic rings. The average molecular weight is 342 g/mol. The Hall–Kier alpha value is -1.48. The van der Waals surface area contributed by atoms with Crippen LogP contribution in [0.5, 0.6) is 0 Å². The first-order valence-electron chi connectivity index (χ1n) is 7.38. The Labute approximate surface area is 136 Å². The summed E-state index contributed by atoms with van der Waals surface area (Å²) in [5, 5.41) is 9.33. The molecular weight excluding hydrogens is 320 g/mol. The van der Waals surface area contributed by atoms with Crippen LogP contribution in [0.3, 0.4) is 0 Å². The molecule has 0 aliphatic carbocycles. The van der Waals surface area contributed by atoms with Crippen molar-refractivity contribution in [2.45, 2.75) is 31.9 Å². The molecule has 2 N–H and O–H groups in total. The molecule has 23 heavy (non-hydrogen) atoms. The topological polar surface area (TPSA) is 95.9 Å². The highest BCUT2D eigenvalue weighted by Gasteiger charge is 2.36. The molecule has 0 saturated carbocycles. The Kier molecular flexibility index (Phi) is 5.41. The Bertz CT molecular complexity index is 645. The maximum Gasteiger partial charge on any atom is 0.322 e. The van der Waals surface area contributed by atoms with Gasteiger partial charge in [0.05, 0.1) is 12.2 Å². The molecule has 0 unspecified atom stereocenters. The van der Waals surface area contributed by atoms with Gasteiger partial charge in [-0.2, -0.15) is 17.4 Å². The zero-order valence-electron chi connectivity index (χ0n) is 13.2. The van der Waals surface area contributed by atoms with E-state index < -0.39 is 27.8 Å². The lowest BCUT2D eigenvalue weighted by Gasteiger charge is -2.37. The molecule has 0 bridgehead atoms. The maximum absolute atomic E-state index is 12.5. The number of benzene rings is 1. The van der Waals surface area contributed by atoms with Crippen molar-refractivity contribution < 1.29 is 23.1 Å². The van der Waals surface area contributed by atoms with E-state index in [0.29, 0.717) is 0 Å². The Morgan fingerprint density at radius 3 is 2.61 bits per heavy atom. The second-order valence-corrected chi connectivity index (χ2v) is 7.85. The highest BCUT2D eigenvalue weighted by atomic mass is 32.2. The van der Waals surface area contributed by atoms with Gasteiger partial charge in [-0.25, -0.2) is 0 Å². The number of aliphatic carboxylic acids is 1. The number of carboxylic acids is 1. The largest absolute Gasteiger partial charge is 0.480 e. The third-order valence-corrected chi connectivity index (χ3v) is 5.18. The van der Waals surface area contributed by atoms with Crippen molar-refractivity contribution in [2.24, 2.45) is 0 Å². The second-order valence-electron chi connectivity index (χ2n) is 6.15. The van der Waals surface area contributed by atoms with Crippen molar-refractivity contribution in [2.75, 3.05) is 19.7 Å². The molecule has 0 aromatic heterocycles. The lowest BCUT2D eigenvalue weighted by Crippen LogP contribution is -2.56. The van der Waals surface area contributed by atoms with Crippen LogP contribution in [-0.2, 0) is 26.2 Å². The van der Waals surface area contributed by atoms with Gasteiger partial charge >= 0.3 is 5.97 Å². The third-order valence-electron chi connectivity index (χ3n) is 3.60. The predicted molar refractivity (Wildman–Crippen MR) is 85.2 cm³/mol. The first-order chi connectivity index (χ1) is 10.7. The number of carbonyl (C=O) groups is 1. The van der Waals surface area contributed by atoms with Crippen molar-refractivity contribution in [3.05, 3.63) is 35.9 Å². The van der Waals surface area contributed by atoms with Crippen LogP contribution >= 0.6 is 0 Å². The lowest BCUT2D eigenvalue weighted by molar-refractivity contribution is -0.139. The summed E-state index contributed by atoms with van der Waals surface area (Å²) in [4.78, 5) is 11.4. The van der Waals surface area contributed by atoms with Crippen LogP contribution in [0.1, 0.15) is 19.4 Å². The number of nitrogens with one attached hydrogen (secondary N) is 1. The highest BCUT2D eigenvalue weighted by Crippen LogP contribution is 2.18. The quantitative estimate of drug-likeness (QED) is 0.790. The number of carboxylic acid groups (broad SMARTS) is 1. The van der Waals surface area contributed by atoms with Gasteiger partial charge < -0.3 is 9.84 Å². The normalized spacial score (nSPS) is 20.1. The Morgan fingerprint density at radius 2 is 2.04 bits per heavy atom. The van der Waals surface area contributed by atoms with Crippen LogP contribution < -0.4 is 4.72 Å². The molecule has 1 aliphatic heterocycles. The van der Waals surface area contributed by atoms with E-state index in [4.69, 9.17) is 4.74 Å². The zero-order chi connectivity index (χ0) is 17.1. The van der Waals surface area contributed by atoms with Gasteiger partial charge in [0.25, 0.3) is 10.2 Å². The van der Waals surface area contributed by atoms with E-state index in [9.17, 15) is 18.3 Å². The minimum Gasteiger partial charge on any atom is -0.480 e. The first-order valence-corrected chi connectivity index (χ1v) is 8.82. The van der Waals surface area contributed by atoms with E-state index in [2.05, 4.69) is 4.72 Å². The van der Waals surface area contributed by atoms with Crippen molar-refractivity contribution in [3.63, 3.8) is 0 Å². The van der Waals surface area contributed by atoms with Gasteiger partial charge in [-0.3, -0.25) is 4.79 Å².